The van der Waals surface area contributed by atoms with Crippen molar-refractivity contribution in [1.82, 2.24) is 0 Å². The fourth-order valence-electron chi connectivity index (χ4n) is 2.13. The minimum Gasteiger partial charge on any atom is -0.418 e. The number of hydrogen-bond donors (Lipinski definition) is 0. The van der Waals surface area contributed by atoms with Gasteiger partial charge in [0.15, 0.2) is 4.98 Å². The Hall–Kier alpha value is -2.70. The van der Waals surface area contributed by atoms with Crippen LogP contribution in [0, 0.1) is 5.39 Å². The number of hydrogen-bond acceptors (Lipinski definition) is 1. The van der Waals surface area contributed by atoms with Crippen LogP contribution < -0.4 is 0 Å². The van der Waals surface area contributed by atoms with Gasteiger partial charge in [-0.2, -0.15) is 61.5 Å². The van der Waals surface area contributed by atoms with Crippen molar-refractivity contribution < 1.29 is 87.5 Å². The molecule has 214 valence electrons. The Morgan fingerprint density at radius 1 is 0.595 bits per heavy atom. The molecular weight excluding hydrogens is 587 g/mol. The van der Waals surface area contributed by atoms with Crippen LogP contribution in [0.25, 0.3) is 4.98 Å². The molecule has 1 rings (SSSR count). The van der Waals surface area contributed by atoms with Crippen LogP contribution in [0.3, 0.4) is 0 Å². The summed E-state index contributed by atoms with van der Waals surface area (Å²) in [5.41, 5.74) is -4.20. The molecule has 0 saturated carbocycles. The highest BCUT2D eigenvalue weighted by atomic mass is 19.5. The third-order valence-corrected chi connectivity index (χ3v) is 4.01. The molecule has 0 fully saturated rings. The van der Waals surface area contributed by atoms with E-state index in [2.05, 4.69) is 0 Å². The van der Waals surface area contributed by atoms with E-state index in [9.17, 15) is 87.5 Å². The molecule has 0 bridgehead atoms. The Morgan fingerprint density at radius 2 is 0.919 bits per heavy atom. The average Bonchev–Trinajstić information content (AvgIpc) is 2.71. The number of benzene rings is 1. The zero-order valence-electron chi connectivity index (χ0n) is 16.4. The molecular formula is C14H5BF20N2. The lowest BCUT2D eigenvalue weighted by Gasteiger charge is -2.42. The maximum absolute atomic E-state index is 14.0. The van der Waals surface area contributed by atoms with Gasteiger partial charge in [0.1, 0.15) is 5.56 Å². The summed E-state index contributed by atoms with van der Waals surface area (Å²) in [4.78, 5) is 1.94. The molecule has 0 unspecified atom stereocenters. The Bertz CT molecular complexity index is 972. The van der Waals surface area contributed by atoms with Gasteiger partial charge in [-0.1, -0.05) is 12.1 Å². The molecule has 0 amide bonds. The molecule has 0 aromatic heterocycles. The van der Waals surface area contributed by atoms with E-state index in [0.29, 0.717) is 12.1 Å². The molecule has 37 heavy (non-hydrogen) atoms. The third-order valence-electron chi connectivity index (χ3n) is 4.01. The van der Waals surface area contributed by atoms with Crippen LogP contribution in [-0.2, 0) is 5.92 Å². The molecule has 0 aliphatic rings. The lowest BCUT2D eigenvalue weighted by molar-refractivity contribution is -0.448. The Morgan fingerprint density at radius 3 is 1.27 bits per heavy atom. The smallest absolute Gasteiger partial charge is 0.418 e. The first-order valence-electron chi connectivity index (χ1n) is 8.24. The van der Waals surface area contributed by atoms with Crippen molar-refractivity contribution in [3.8, 4) is 0 Å². The van der Waals surface area contributed by atoms with Gasteiger partial charge < -0.3 is 17.3 Å². The summed E-state index contributed by atoms with van der Waals surface area (Å²) in [7, 11) is -6.00. The Balaban J connectivity index is 0.00000235. The number of alkyl halides is 16. The van der Waals surface area contributed by atoms with Gasteiger partial charge in [-0.3, -0.25) is 0 Å². The molecule has 0 spiro atoms. The van der Waals surface area contributed by atoms with Crippen molar-refractivity contribution >= 4 is 12.9 Å². The molecule has 0 aliphatic heterocycles. The number of halogens is 20. The maximum atomic E-state index is 14.0. The Kier molecular flexibility index (Phi) is 9.16. The van der Waals surface area contributed by atoms with Gasteiger partial charge in [0.05, 0.1) is 0 Å². The first-order chi connectivity index (χ1) is 16.0. The topological polar surface area (TPSA) is 28.1 Å². The van der Waals surface area contributed by atoms with Gasteiger partial charge in [-0.05, 0) is 6.07 Å². The lowest BCUT2D eigenvalue weighted by Crippen LogP contribution is -2.73. The predicted molar refractivity (Wildman–Crippen MR) is 81.0 cm³/mol. The van der Waals surface area contributed by atoms with Gasteiger partial charge in [-0.25, -0.2) is 8.78 Å². The first-order valence-corrected chi connectivity index (χ1v) is 8.24. The van der Waals surface area contributed by atoms with Gasteiger partial charge in [-0.15, -0.1) is 0 Å². The fraction of sp³-hybridized carbons (Fsp3) is 0.571. The van der Waals surface area contributed by atoms with E-state index < -0.39 is 66.4 Å². The maximum Gasteiger partial charge on any atom is 0.673 e. The van der Waals surface area contributed by atoms with Crippen LogP contribution in [0.2, 0.25) is 0 Å². The quantitative estimate of drug-likeness (QED) is 0.169. The number of nitrogens with zero attached hydrogens (tertiary/aromatic N) is 2. The molecule has 0 N–H and O–H groups in total. The molecule has 0 saturated heterocycles. The molecule has 1 aromatic rings. The van der Waals surface area contributed by atoms with Crippen molar-refractivity contribution in [2.75, 3.05) is 0 Å². The molecule has 0 heterocycles. The van der Waals surface area contributed by atoms with E-state index in [1.54, 1.807) is 0 Å². The molecule has 2 nitrogen and oxygen atoms in total. The van der Waals surface area contributed by atoms with Gasteiger partial charge in [0.25, 0.3) is 0 Å². The summed E-state index contributed by atoms with van der Waals surface area (Å²) in [5, 5.41) is 8.43. The minimum absolute atomic E-state index is 0.210. The van der Waals surface area contributed by atoms with Crippen molar-refractivity contribution in [3.63, 3.8) is 0 Å². The first kappa shape index (κ1) is 34.3. The van der Waals surface area contributed by atoms with Crippen LogP contribution in [0.5, 0.6) is 0 Å². The highest BCUT2D eigenvalue weighted by Gasteiger charge is 2.93. The van der Waals surface area contributed by atoms with E-state index in [1.165, 1.54) is 0 Å². The summed E-state index contributed by atoms with van der Waals surface area (Å²) in [6, 6.07) is 0.979. The summed E-state index contributed by atoms with van der Waals surface area (Å²) in [6.07, 6.45) is -5.90. The van der Waals surface area contributed by atoms with E-state index in [-0.39, 0.29) is 12.1 Å². The van der Waals surface area contributed by atoms with Crippen LogP contribution in [0.4, 0.5) is 93.2 Å². The molecule has 0 atom stereocenters. The second-order valence-electron chi connectivity index (χ2n) is 6.48. The van der Waals surface area contributed by atoms with Crippen molar-refractivity contribution in [2.24, 2.45) is 0 Å². The summed E-state index contributed by atoms with van der Waals surface area (Å²) < 4.78 is 251. The highest BCUT2D eigenvalue weighted by molar-refractivity contribution is 6.50. The molecule has 0 radical (unpaired) electrons. The van der Waals surface area contributed by atoms with Gasteiger partial charge >= 0.3 is 60.8 Å². The number of rotatable bonds is 8. The summed E-state index contributed by atoms with van der Waals surface area (Å²) in [6.45, 7) is 0. The normalized spacial score (nSPS) is 14.7. The number of diazo groups is 1. The van der Waals surface area contributed by atoms with Crippen LogP contribution in [0.15, 0.2) is 24.3 Å². The zero-order chi connectivity index (χ0) is 30.3. The van der Waals surface area contributed by atoms with Gasteiger partial charge in [0, 0.05) is 6.07 Å². The Labute approximate surface area is 189 Å². The molecule has 0 aliphatic carbocycles. The summed E-state index contributed by atoms with van der Waals surface area (Å²) in [5.74, 6) is -55.3. The minimum atomic E-state index is -8.47. The third kappa shape index (κ3) is 5.61. The fourth-order valence-corrected chi connectivity index (χ4v) is 2.13. The van der Waals surface area contributed by atoms with Crippen LogP contribution in [0.1, 0.15) is 5.56 Å². The zero-order valence-corrected chi connectivity index (χ0v) is 16.4. The van der Waals surface area contributed by atoms with Crippen molar-refractivity contribution in [3.05, 3.63) is 34.8 Å². The van der Waals surface area contributed by atoms with E-state index >= 15 is 0 Å². The van der Waals surface area contributed by atoms with E-state index in [4.69, 9.17) is 5.39 Å². The molecule has 1 aromatic carbocycles. The van der Waals surface area contributed by atoms with Crippen LogP contribution >= 0.6 is 0 Å². The standard InChI is InChI=1S/C14H5F16N2.BF4/c15-7(16)9(19,20)11(23,24)13(27,28)14(29,30)12(25,26)10(21,22)8(17,18)5-3-1-2-4-6(5)32-31;2-1(3,4)5/h1-4,7H;/q+1;-1. The predicted octanol–water partition coefficient (Wildman–Crippen LogP) is 8.64. The second-order valence-corrected chi connectivity index (χ2v) is 6.48. The van der Waals surface area contributed by atoms with Crippen molar-refractivity contribution in [2.45, 2.75) is 47.9 Å². The van der Waals surface area contributed by atoms with E-state index in [0.717, 1.165) is 0 Å². The van der Waals surface area contributed by atoms with Crippen LogP contribution in [-0.4, -0.2) is 49.2 Å². The average molecular weight is 592 g/mol. The highest BCUT2D eigenvalue weighted by Crippen LogP contribution is 2.64. The second kappa shape index (κ2) is 9.88. The van der Waals surface area contributed by atoms with Crippen molar-refractivity contribution in [1.29, 1.82) is 5.39 Å². The SMILES string of the molecule is F[B-](F)(F)F.N#[N+]c1ccccc1C(F)(F)C(F)(F)C(F)(F)C(F)(F)C(F)(F)C(F)(F)C(F)(F)C(F)F. The monoisotopic (exact) mass is 592 g/mol. The largest absolute Gasteiger partial charge is 0.673 e. The van der Waals surface area contributed by atoms with Gasteiger partial charge in [0.2, 0.25) is 5.39 Å². The summed E-state index contributed by atoms with van der Waals surface area (Å²) >= 11 is 0. The lowest BCUT2D eigenvalue weighted by atomic mass is 9.87. The molecule has 23 heteroatoms. The van der Waals surface area contributed by atoms with E-state index in [1.807, 2.05) is 4.98 Å².